The van der Waals surface area contributed by atoms with E-state index in [1.807, 2.05) is 0 Å². The Labute approximate surface area is 122 Å². The van der Waals surface area contributed by atoms with Gasteiger partial charge >= 0.3 is 0 Å². The Balaban J connectivity index is 1.88. The SMILES string of the molecule is CN(Cc1ccc(C#CCCO)cc1)C1CCCCC1. The molecular formula is C18H25NO. The Bertz CT molecular complexity index is 449. The first-order valence-electron chi connectivity index (χ1n) is 7.68. The normalized spacial score (nSPS) is 15.9. The summed E-state index contributed by atoms with van der Waals surface area (Å²) in [5, 5.41) is 8.70. The summed E-state index contributed by atoms with van der Waals surface area (Å²) in [6.45, 7) is 1.16. The average molecular weight is 271 g/mol. The van der Waals surface area contributed by atoms with Gasteiger partial charge in [-0.15, -0.1) is 0 Å². The number of hydrogen-bond acceptors (Lipinski definition) is 2. The van der Waals surface area contributed by atoms with Crippen LogP contribution in [0.25, 0.3) is 0 Å². The largest absolute Gasteiger partial charge is 0.395 e. The van der Waals surface area contributed by atoms with Crippen LogP contribution >= 0.6 is 0 Å². The molecular weight excluding hydrogens is 246 g/mol. The molecule has 0 aliphatic heterocycles. The third-order valence-corrected chi connectivity index (χ3v) is 4.05. The fourth-order valence-corrected chi connectivity index (χ4v) is 2.85. The second kappa shape index (κ2) is 8.09. The fourth-order valence-electron chi connectivity index (χ4n) is 2.85. The predicted molar refractivity (Wildman–Crippen MR) is 83.4 cm³/mol. The van der Waals surface area contributed by atoms with Gasteiger partial charge in [-0.3, -0.25) is 4.90 Å². The molecule has 0 radical (unpaired) electrons. The maximum atomic E-state index is 8.70. The molecule has 0 spiro atoms. The number of aliphatic hydroxyl groups excluding tert-OH is 1. The lowest BCUT2D eigenvalue weighted by Gasteiger charge is -2.31. The third-order valence-electron chi connectivity index (χ3n) is 4.05. The van der Waals surface area contributed by atoms with Crippen molar-refractivity contribution in [1.29, 1.82) is 0 Å². The Kier molecular flexibility index (Phi) is 6.11. The lowest BCUT2D eigenvalue weighted by atomic mass is 9.94. The zero-order valence-electron chi connectivity index (χ0n) is 12.4. The summed E-state index contributed by atoms with van der Waals surface area (Å²) in [4.78, 5) is 2.49. The summed E-state index contributed by atoms with van der Waals surface area (Å²) >= 11 is 0. The summed E-state index contributed by atoms with van der Waals surface area (Å²) in [6, 6.07) is 9.25. The maximum Gasteiger partial charge on any atom is 0.0540 e. The van der Waals surface area contributed by atoms with E-state index < -0.39 is 0 Å². The minimum Gasteiger partial charge on any atom is -0.395 e. The minimum absolute atomic E-state index is 0.136. The van der Waals surface area contributed by atoms with E-state index in [1.54, 1.807) is 0 Å². The quantitative estimate of drug-likeness (QED) is 0.850. The molecule has 0 saturated heterocycles. The monoisotopic (exact) mass is 271 g/mol. The molecule has 1 aliphatic rings. The molecule has 1 aromatic carbocycles. The topological polar surface area (TPSA) is 23.5 Å². The van der Waals surface area contributed by atoms with Gasteiger partial charge in [0.15, 0.2) is 0 Å². The van der Waals surface area contributed by atoms with Crippen molar-refractivity contribution in [2.24, 2.45) is 0 Å². The van der Waals surface area contributed by atoms with Gasteiger partial charge in [0, 0.05) is 24.6 Å². The summed E-state index contributed by atoms with van der Waals surface area (Å²) in [5.41, 5.74) is 2.38. The predicted octanol–water partition coefficient (Wildman–Crippen LogP) is 3.19. The van der Waals surface area contributed by atoms with Crippen LogP contribution in [-0.4, -0.2) is 29.7 Å². The Morgan fingerprint density at radius 1 is 1.15 bits per heavy atom. The number of hydrogen-bond donors (Lipinski definition) is 1. The molecule has 1 aliphatic carbocycles. The van der Waals surface area contributed by atoms with E-state index in [-0.39, 0.29) is 6.61 Å². The van der Waals surface area contributed by atoms with Gasteiger partial charge in [-0.05, 0) is 37.6 Å². The highest BCUT2D eigenvalue weighted by Crippen LogP contribution is 2.22. The van der Waals surface area contributed by atoms with Crippen LogP contribution in [0.1, 0.15) is 49.7 Å². The lowest BCUT2D eigenvalue weighted by Crippen LogP contribution is -2.32. The van der Waals surface area contributed by atoms with Crippen LogP contribution in [0.3, 0.4) is 0 Å². The van der Waals surface area contributed by atoms with Crippen LogP contribution in [0.5, 0.6) is 0 Å². The molecule has 1 saturated carbocycles. The molecule has 2 rings (SSSR count). The fraction of sp³-hybridized carbons (Fsp3) is 0.556. The zero-order chi connectivity index (χ0) is 14.2. The van der Waals surface area contributed by atoms with Crippen LogP contribution in [0, 0.1) is 11.8 Å². The first kappa shape index (κ1) is 15.1. The van der Waals surface area contributed by atoms with Gasteiger partial charge in [0.25, 0.3) is 0 Å². The van der Waals surface area contributed by atoms with E-state index >= 15 is 0 Å². The molecule has 0 aromatic heterocycles. The first-order chi connectivity index (χ1) is 9.79. The van der Waals surface area contributed by atoms with Crippen LogP contribution in [-0.2, 0) is 6.54 Å². The molecule has 1 aromatic rings. The van der Waals surface area contributed by atoms with Crippen molar-refractivity contribution >= 4 is 0 Å². The average Bonchev–Trinajstić information content (AvgIpc) is 2.50. The number of benzene rings is 1. The molecule has 2 heteroatoms. The van der Waals surface area contributed by atoms with Crippen LogP contribution in [0.4, 0.5) is 0 Å². The molecule has 20 heavy (non-hydrogen) atoms. The summed E-state index contributed by atoms with van der Waals surface area (Å²) in [6.07, 6.45) is 7.42. The van der Waals surface area contributed by atoms with Gasteiger partial charge < -0.3 is 5.11 Å². The van der Waals surface area contributed by atoms with E-state index in [1.165, 1.54) is 37.7 Å². The van der Waals surface area contributed by atoms with Crippen LogP contribution < -0.4 is 0 Å². The van der Waals surface area contributed by atoms with Gasteiger partial charge in [0.2, 0.25) is 0 Å². The van der Waals surface area contributed by atoms with Crippen LogP contribution in [0.2, 0.25) is 0 Å². The number of aliphatic hydroxyl groups is 1. The van der Waals surface area contributed by atoms with E-state index in [2.05, 4.69) is 48.1 Å². The standard InChI is InChI=1S/C18H25NO/c1-19(18-8-3-2-4-9-18)15-17-12-10-16(11-13-17)7-5-6-14-20/h10-13,18,20H,2-4,6,8-9,14-15H2,1H3. The molecule has 0 heterocycles. The molecule has 2 nitrogen and oxygen atoms in total. The highest BCUT2D eigenvalue weighted by molar-refractivity contribution is 5.36. The second-order valence-corrected chi connectivity index (χ2v) is 5.68. The number of nitrogens with zero attached hydrogens (tertiary/aromatic N) is 1. The maximum absolute atomic E-state index is 8.70. The Hall–Kier alpha value is -1.30. The molecule has 0 unspecified atom stereocenters. The Morgan fingerprint density at radius 2 is 1.85 bits per heavy atom. The van der Waals surface area contributed by atoms with Crippen molar-refractivity contribution in [2.75, 3.05) is 13.7 Å². The van der Waals surface area contributed by atoms with Crippen molar-refractivity contribution in [1.82, 2.24) is 4.90 Å². The molecule has 1 fully saturated rings. The summed E-state index contributed by atoms with van der Waals surface area (Å²) < 4.78 is 0. The van der Waals surface area contributed by atoms with E-state index in [4.69, 9.17) is 5.11 Å². The second-order valence-electron chi connectivity index (χ2n) is 5.68. The van der Waals surface area contributed by atoms with E-state index in [0.29, 0.717) is 6.42 Å². The van der Waals surface area contributed by atoms with Crippen molar-refractivity contribution in [3.8, 4) is 11.8 Å². The van der Waals surface area contributed by atoms with E-state index in [9.17, 15) is 0 Å². The molecule has 0 atom stereocenters. The van der Waals surface area contributed by atoms with Crippen molar-refractivity contribution in [3.05, 3.63) is 35.4 Å². The molecule has 0 bridgehead atoms. The first-order valence-corrected chi connectivity index (χ1v) is 7.68. The molecule has 1 N–H and O–H groups in total. The van der Waals surface area contributed by atoms with Gasteiger partial charge in [0.1, 0.15) is 0 Å². The van der Waals surface area contributed by atoms with Crippen LogP contribution in [0.15, 0.2) is 24.3 Å². The highest BCUT2D eigenvalue weighted by Gasteiger charge is 2.17. The van der Waals surface area contributed by atoms with Gasteiger partial charge in [-0.1, -0.05) is 43.2 Å². The Morgan fingerprint density at radius 3 is 2.50 bits per heavy atom. The van der Waals surface area contributed by atoms with Gasteiger partial charge in [-0.25, -0.2) is 0 Å². The minimum atomic E-state index is 0.136. The van der Waals surface area contributed by atoms with Gasteiger partial charge in [0.05, 0.1) is 6.61 Å². The molecule has 0 amide bonds. The van der Waals surface area contributed by atoms with Crippen molar-refractivity contribution in [3.63, 3.8) is 0 Å². The smallest absolute Gasteiger partial charge is 0.0540 e. The highest BCUT2D eigenvalue weighted by atomic mass is 16.2. The summed E-state index contributed by atoms with van der Waals surface area (Å²) in [5.74, 6) is 6.02. The van der Waals surface area contributed by atoms with Gasteiger partial charge in [-0.2, -0.15) is 0 Å². The summed E-state index contributed by atoms with van der Waals surface area (Å²) in [7, 11) is 2.24. The number of rotatable bonds is 4. The van der Waals surface area contributed by atoms with E-state index in [0.717, 1.165) is 18.2 Å². The van der Waals surface area contributed by atoms with Crippen molar-refractivity contribution in [2.45, 2.75) is 51.1 Å². The zero-order valence-corrected chi connectivity index (χ0v) is 12.4. The third kappa shape index (κ3) is 4.67. The molecule has 108 valence electrons. The lowest BCUT2D eigenvalue weighted by molar-refractivity contribution is 0.184. The van der Waals surface area contributed by atoms with Crippen molar-refractivity contribution < 1.29 is 5.11 Å².